The zero-order chi connectivity index (χ0) is 15.2. The minimum absolute atomic E-state index is 0.109. The van der Waals surface area contributed by atoms with E-state index in [0.717, 1.165) is 37.5 Å². The molecule has 1 unspecified atom stereocenters. The Morgan fingerprint density at radius 1 is 1.52 bits per heavy atom. The summed E-state index contributed by atoms with van der Waals surface area (Å²) < 4.78 is 0. The fraction of sp³-hybridized carbons (Fsp3) is 0.562. The van der Waals surface area contributed by atoms with Gasteiger partial charge in [0.25, 0.3) is 0 Å². The van der Waals surface area contributed by atoms with Crippen molar-refractivity contribution in [2.45, 2.75) is 26.2 Å². The molecule has 1 aliphatic heterocycles. The summed E-state index contributed by atoms with van der Waals surface area (Å²) >= 11 is 6.09. The first-order valence-electron chi connectivity index (χ1n) is 7.58. The highest BCUT2D eigenvalue weighted by molar-refractivity contribution is 6.30. The smallest absolute Gasteiger partial charge is 0.220 e. The van der Waals surface area contributed by atoms with Gasteiger partial charge < -0.3 is 16.0 Å². The summed E-state index contributed by atoms with van der Waals surface area (Å²) in [6, 6.07) is 6.00. The summed E-state index contributed by atoms with van der Waals surface area (Å²) in [4.78, 5) is 14.0. The topological polar surface area (TPSA) is 58.4 Å². The summed E-state index contributed by atoms with van der Waals surface area (Å²) in [6.45, 7) is 5.41. The predicted octanol–water partition coefficient (Wildman–Crippen LogP) is 2.33. The number of rotatable bonds is 6. The zero-order valence-electron chi connectivity index (χ0n) is 12.6. The van der Waals surface area contributed by atoms with Gasteiger partial charge in [-0.1, -0.05) is 17.7 Å². The molecule has 116 valence electrons. The number of benzene rings is 1. The molecule has 0 bridgehead atoms. The molecule has 1 aromatic carbocycles. The lowest BCUT2D eigenvalue weighted by molar-refractivity contribution is -0.121. The first kappa shape index (κ1) is 16.1. The van der Waals surface area contributed by atoms with Crippen LogP contribution in [0.3, 0.4) is 0 Å². The van der Waals surface area contributed by atoms with E-state index in [0.29, 0.717) is 18.9 Å². The van der Waals surface area contributed by atoms with Crippen LogP contribution in [-0.2, 0) is 4.79 Å². The number of nitrogens with two attached hydrogens (primary N) is 1. The van der Waals surface area contributed by atoms with Crippen molar-refractivity contribution in [3.05, 3.63) is 28.8 Å². The van der Waals surface area contributed by atoms with Crippen molar-refractivity contribution in [2.24, 2.45) is 11.7 Å². The molecular weight excluding hydrogens is 286 g/mol. The van der Waals surface area contributed by atoms with Crippen molar-refractivity contribution >= 4 is 23.2 Å². The van der Waals surface area contributed by atoms with E-state index in [1.54, 1.807) is 0 Å². The number of carbonyl (C=O) groups is 1. The lowest BCUT2D eigenvalue weighted by Gasteiger charge is -2.21. The van der Waals surface area contributed by atoms with Crippen LogP contribution in [0.15, 0.2) is 18.2 Å². The molecule has 0 aromatic heterocycles. The van der Waals surface area contributed by atoms with Gasteiger partial charge in [0.15, 0.2) is 0 Å². The number of nitrogens with zero attached hydrogens (tertiary/aromatic N) is 1. The fourth-order valence-electron chi connectivity index (χ4n) is 2.75. The van der Waals surface area contributed by atoms with Gasteiger partial charge in [-0.3, -0.25) is 4.79 Å². The number of halogens is 1. The van der Waals surface area contributed by atoms with Crippen molar-refractivity contribution in [1.29, 1.82) is 0 Å². The Morgan fingerprint density at radius 3 is 3.10 bits per heavy atom. The van der Waals surface area contributed by atoms with E-state index in [-0.39, 0.29) is 5.91 Å². The SMILES string of the molecule is Cc1ccc(Cl)cc1N1CCC(CNC(=O)CCCN)C1. The minimum atomic E-state index is 0.109. The molecule has 5 heteroatoms. The molecule has 1 fully saturated rings. The van der Waals surface area contributed by atoms with Gasteiger partial charge in [-0.25, -0.2) is 0 Å². The third-order valence-corrected chi connectivity index (χ3v) is 4.23. The quantitative estimate of drug-likeness (QED) is 0.848. The van der Waals surface area contributed by atoms with E-state index in [1.165, 1.54) is 11.3 Å². The molecule has 0 spiro atoms. The van der Waals surface area contributed by atoms with Crippen molar-refractivity contribution in [3.63, 3.8) is 0 Å². The summed E-state index contributed by atoms with van der Waals surface area (Å²) in [5.74, 6) is 0.614. The normalized spacial score (nSPS) is 18.0. The Balaban J connectivity index is 1.83. The molecule has 4 nitrogen and oxygen atoms in total. The highest BCUT2D eigenvalue weighted by Gasteiger charge is 2.24. The van der Waals surface area contributed by atoms with E-state index >= 15 is 0 Å². The highest BCUT2D eigenvalue weighted by Crippen LogP contribution is 2.29. The second kappa shape index (κ2) is 7.66. The van der Waals surface area contributed by atoms with Gasteiger partial charge in [0, 0.05) is 36.8 Å². The van der Waals surface area contributed by atoms with Crippen molar-refractivity contribution in [3.8, 4) is 0 Å². The Bertz CT molecular complexity index is 492. The minimum Gasteiger partial charge on any atom is -0.371 e. The Hall–Kier alpha value is -1.26. The van der Waals surface area contributed by atoms with Gasteiger partial charge in [0.1, 0.15) is 0 Å². The highest BCUT2D eigenvalue weighted by atomic mass is 35.5. The maximum absolute atomic E-state index is 11.6. The van der Waals surface area contributed by atoms with Gasteiger partial charge >= 0.3 is 0 Å². The first-order chi connectivity index (χ1) is 10.1. The number of anilines is 1. The molecule has 1 aliphatic rings. The largest absolute Gasteiger partial charge is 0.371 e. The van der Waals surface area contributed by atoms with Gasteiger partial charge in [-0.15, -0.1) is 0 Å². The number of nitrogens with one attached hydrogen (secondary N) is 1. The van der Waals surface area contributed by atoms with Crippen LogP contribution in [-0.4, -0.2) is 32.1 Å². The number of aryl methyl sites for hydroxylation is 1. The molecule has 1 atom stereocenters. The maximum atomic E-state index is 11.6. The van der Waals surface area contributed by atoms with Crippen LogP contribution in [0, 0.1) is 12.8 Å². The molecule has 1 amide bonds. The molecule has 21 heavy (non-hydrogen) atoms. The van der Waals surface area contributed by atoms with Crippen LogP contribution in [0.25, 0.3) is 0 Å². The Labute approximate surface area is 131 Å². The Morgan fingerprint density at radius 2 is 2.33 bits per heavy atom. The standard InChI is InChI=1S/C16H24ClN3O/c1-12-4-5-14(17)9-15(12)20-8-6-13(11-20)10-19-16(21)3-2-7-18/h4-5,9,13H,2-3,6-8,10-11,18H2,1H3,(H,19,21). The molecule has 2 rings (SSSR count). The third kappa shape index (κ3) is 4.61. The third-order valence-electron chi connectivity index (χ3n) is 3.99. The number of hydrogen-bond acceptors (Lipinski definition) is 3. The number of carbonyl (C=O) groups excluding carboxylic acids is 1. The van der Waals surface area contributed by atoms with Gasteiger partial charge in [-0.05, 0) is 49.9 Å². The molecule has 1 heterocycles. The zero-order valence-corrected chi connectivity index (χ0v) is 13.3. The number of hydrogen-bond donors (Lipinski definition) is 2. The van der Waals surface area contributed by atoms with Gasteiger partial charge in [-0.2, -0.15) is 0 Å². The van der Waals surface area contributed by atoms with Crippen LogP contribution in [0.2, 0.25) is 5.02 Å². The van der Waals surface area contributed by atoms with E-state index in [1.807, 2.05) is 12.1 Å². The van der Waals surface area contributed by atoms with Crippen LogP contribution in [0.5, 0.6) is 0 Å². The van der Waals surface area contributed by atoms with Crippen LogP contribution in [0.1, 0.15) is 24.8 Å². The molecule has 0 aliphatic carbocycles. The second-order valence-corrected chi connectivity index (χ2v) is 6.16. The summed E-state index contributed by atoms with van der Waals surface area (Å²) in [7, 11) is 0. The predicted molar refractivity (Wildman–Crippen MR) is 87.8 cm³/mol. The summed E-state index contributed by atoms with van der Waals surface area (Å²) in [5, 5.41) is 3.78. The second-order valence-electron chi connectivity index (χ2n) is 5.73. The monoisotopic (exact) mass is 309 g/mol. The van der Waals surface area contributed by atoms with Gasteiger partial charge in [0.05, 0.1) is 0 Å². The maximum Gasteiger partial charge on any atom is 0.220 e. The first-order valence-corrected chi connectivity index (χ1v) is 7.96. The summed E-state index contributed by atoms with van der Waals surface area (Å²) in [6.07, 6.45) is 2.38. The van der Waals surface area contributed by atoms with E-state index in [9.17, 15) is 4.79 Å². The van der Waals surface area contributed by atoms with Crippen molar-refractivity contribution in [1.82, 2.24) is 5.32 Å². The van der Waals surface area contributed by atoms with E-state index in [4.69, 9.17) is 17.3 Å². The molecule has 1 aromatic rings. The van der Waals surface area contributed by atoms with Crippen LogP contribution >= 0.6 is 11.6 Å². The van der Waals surface area contributed by atoms with Crippen LogP contribution in [0.4, 0.5) is 5.69 Å². The van der Waals surface area contributed by atoms with Gasteiger partial charge in [0.2, 0.25) is 5.91 Å². The van der Waals surface area contributed by atoms with E-state index < -0.39 is 0 Å². The van der Waals surface area contributed by atoms with E-state index in [2.05, 4.69) is 23.2 Å². The van der Waals surface area contributed by atoms with Crippen LogP contribution < -0.4 is 16.0 Å². The average molecular weight is 310 g/mol. The Kier molecular flexibility index (Phi) is 5.88. The lowest BCUT2D eigenvalue weighted by atomic mass is 10.1. The average Bonchev–Trinajstić information content (AvgIpc) is 2.94. The lowest BCUT2D eigenvalue weighted by Crippen LogP contribution is -2.31. The molecular formula is C16H24ClN3O. The molecule has 0 saturated carbocycles. The molecule has 1 saturated heterocycles. The van der Waals surface area contributed by atoms with Crippen molar-refractivity contribution in [2.75, 3.05) is 31.1 Å². The van der Waals surface area contributed by atoms with Crippen molar-refractivity contribution < 1.29 is 4.79 Å². The molecule has 3 N–H and O–H groups in total. The number of amides is 1. The summed E-state index contributed by atoms with van der Waals surface area (Å²) in [5.41, 5.74) is 7.86. The fourth-order valence-corrected chi connectivity index (χ4v) is 2.92. The molecule has 0 radical (unpaired) electrons.